The van der Waals surface area contributed by atoms with Gasteiger partial charge in [0.05, 0.1) is 0 Å². The third-order valence-electron chi connectivity index (χ3n) is 5.88. The average molecular weight is 366 g/mol. The van der Waals surface area contributed by atoms with Gasteiger partial charge in [0.15, 0.2) is 5.69 Å². The summed E-state index contributed by atoms with van der Waals surface area (Å²) in [7, 11) is 1.94. The van der Waals surface area contributed by atoms with Crippen LogP contribution in [0.15, 0.2) is 24.3 Å². The minimum atomic E-state index is -0.403. The maximum Gasteiger partial charge on any atom is 0.274 e. The summed E-state index contributed by atoms with van der Waals surface area (Å²) in [5.41, 5.74) is 10.1. The number of likely N-dealkylation sites (tertiary alicyclic amines) is 1. The average Bonchev–Trinajstić information content (AvgIpc) is 3.27. The van der Waals surface area contributed by atoms with Gasteiger partial charge in [0.25, 0.3) is 5.91 Å². The summed E-state index contributed by atoms with van der Waals surface area (Å²) < 4.78 is 1.89. The van der Waals surface area contributed by atoms with Crippen LogP contribution in [0.25, 0.3) is 0 Å². The molecule has 27 heavy (non-hydrogen) atoms. The molecule has 2 heterocycles. The van der Waals surface area contributed by atoms with E-state index in [0.29, 0.717) is 17.2 Å². The highest BCUT2D eigenvalue weighted by Gasteiger charge is 2.31. The number of hydrogen-bond acceptors (Lipinski definition) is 3. The van der Waals surface area contributed by atoms with Gasteiger partial charge in [0.1, 0.15) is 0 Å². The van der Waals surface area contributed by atoms with Gasteiger partial charge in [-0.3, -0.25) is 14.3 Å². The molecular weight excluding hydrogens is 340 g/mol. The molecule has 6 heteroatoms. The Morgan fingerprint density at radius 2 is 2.07 bits per heavy atom. The van der Waals surface area contributed by atoms with Crippen molar-refractivity contribution in [2.24, 2.45) is 18.7 Å². The molecule has 0 spiro atoms. The first-order valence-electron chi connectivity index (χ1n) is 9.75. The summed E-state index contributed by atoms with van der Waals surface area (Å²) >= 11 is 0. The quantitative estimate of drug-likeness (QED) is 0.900. The molecule has 2 N–H and O–H groups in total. The van der Waals surface area contributed by atoms with Crippen molar-refractivity contribution in [2.75, 3.05) is 13.1 Å². The first-order chi connectivity index (χ1) is 13.0. The molecule has 2 aliphatic rings. The number of amides is 2. The molecule has 0 bridgehead atoms. The monoisotopic (exact) mass is 366 g/mol. The van der Waals surface area contributed by atoms with Gasteiger partial charge in [-0.15, -0.1) is 0 Å². The highest BCUT2D eigenvalue weighted by molar-refractivity contribution is 5.94. The van der Waals surface area contributed by atoms with Gasteiger partial charge in [-0.05, 0) is 62.1 Å². The molecule has 0 saturated carbocycles. The number of benzene rings is 1. The third kappa shape index (κ3) is 3.48. The number of nitrogens with two attached hydrogens (primary N) is 1. The van der Waals surface area contributed by atoms with Crippen LogP contribution in [0, 0.1) is 5.92 Å². The molecule has 6 nitrogen and oxygen atoms in total. The molecule has 2 amide bonds. The molecule has 1 aliphatic carbocycles. The second kappa shape index (κ2) is 7.18. The van der Waals surface area contributed by atoms with E-state index in [-0.39, 0.29) is 5.91 Å². The van der Waals surface area contributed by atoms with E-state index < -0.39 is 5.91 Å². The molecule has 1 aliphatic heterocycles. The molecule has 1 aromatic carbocycles. The van der Waals surface area contributed by atoms with Gasteiger partial charge >= 0.3 is 0 Å². The van der Waals surface area contributed by atoms with E-state index in [1.165, 1.54) is 12.1 Å². The highest BCUT2D eigenvalue weighted by atomic mass is 16.2. The Balaban J connectivity index is 1.45. The third-order valence-corrected chi connectivity index (χ3v) is 5.88. The molecule has 142 valence electrons. The minimum absolute atomic E-state index is 0.0714. The number of carbonyl (C=O) groups excluding carboxylic acids is 2. The Bertz CT molecular complexity index is 886. The van der Waals surface area contributed by atoms with Crippen molar-refractivity contribution >= 4 is 11.8 Å². The lowest BCUT2D eigenvalue weighted by Crippen LogP contribution is -2.30. The van der Waals surface area contributed by atoms with Crippen molar-refractivity contribution in [3.63, 3.8) is 0 Å². The minimum Gasteiger partial charge on any atom is -0.366 e. The lowest BCUT2D eigenvalue weighted by Gasteiger charge is -2.17. The van der Waals surface area contributed by atoms with E-state index in [4.69, 9.17) is 5.73 Å². The lowest BCUT2D eigenvalue weighted by molar-refractivity contribution is 0.0779. The van der Waals surface area contributed by atoms with Crippen LogP contribution in [-0.4, -0.2) is 39.6 Å². The Kier molecular flexibility index (Phi) is 4.72. The van der Waals surface area contributed by atoms with Crippen LogP contribution in [-0.2, 0) is 26.3 Å². The van der Waals surface area contributed by atoms with E-state index >= 15 is 0 Å². The van der Waals surface area contributed by atoms with Crippen LogP contribution < -0.4 is 5.73 Å². The fourth-order valence-corrected chi connectivity index (χ4v) is 4.46. The Hall–Kier alpha value is -2.63. The van der Waals surface area contributed by atoms with Crippen LogP contribution in [0.4, 0.5) is 0 Å². The number of primary amides is 1. The van der Waals surface area contributed by atoms with E-state index in [2.05, 4.69) is 5.10 Å². The summed E-state index contributed by atoms with van der Waals surface area (Å²) in [5.74, 6) is 0.0683. The maximum absolute atomic E-state index is 13.1. The zero-order valence-electron chi connectivity index (χ0n) is 15.8. The zero-order chi connectivity index (χ0) is 19.0. The second-order valence-electron chi connectivity index (χ2n) is 7.78. The first-order valence-corrected chi connectivity index (χ1v) is 9.75. The van der Waals surface area contributed by atoms with Gasteiger partial charge in [-0.25, -0.2) is 0 Å². The first kappa shape index (κ1) is 17.8. The molecule has 1 unspecified atom stereocenters. The topological polar surface area (TPSA) is 81.2 Å². The van der Waals surface area contributed by atoms with Crippen LogP contribution in [0.1, 0.15) is 56.9 Å². The second-order valence-corrected chi connectivity index (χ2v) is 7.78. The number of aryl methyl sites for hydroxylation is 1. The van der Waals surface area contributed by atoms with Crippen molar-refractivity contribution in [1.82, 2.24) is 14.7 Å². The Morgan fingerprint density at radius 1 is 1.26 bits per heavy atom. The Morgan fingerprint density at radius 3 is 2.89 bits per heavy atom. The van der Waals surface area contributed by atoms with E-state index in [0.717, 1.165) is 56.3 Å². The summed E-state index contributed by atoms with van der Waals surface area (Å²) in [6, 6.07) is 7.49. The molecule has 2 aromatic rings. The van der Waals surface area contributed by atoms with E-state index in [1.807, 2.05) is 34.8 Å². The normalized spacial score (nSPS) is 19.1. The predicted molar refractivity (Wildman–Crippen MR) is 103 cm³/mol. The van der Waals surface area contributed by atoms with Gasteiger partial charge in [-0.2, -0.15) is 5.10 Å². The molecule has 1 aromatic heterocycles. The number of nitrogens with zero attached hydrogens (tertiary/aromatic N) is 3. The predicted octanol–water partition coefficient (Wildman–Crippen LogP) is 2.10. The maximum atomic E-state index is 13.1. The Labute approximate surface area is 159 Å². The molecule has 4 rings (SSSR count). The SMILES string of the molecule is Cn1nc(C(=O)N2CCC(Cc3cccc(C(N)=O)c3)C2)c2c1CCCC2. The smallest absolute Gasteiger partial charge is 0.274 e. The molecule has 1 atom stereocenters. The standard InChI is InChI=1S/C21H26N4O2/c1-24-18-8-3-2-7-17(18)19(23-24)21(27)25-10-9-15(13-25)11-14-5-4-6-16(12-14)20(22)26/h4-6,12,15H,2-3,7-11,13H2,1H3,(H2,22,26). The molecule has 1 fully saturated rings. The van der Waals surface area contributed by atoms with Crippen molar-refractivity contribution in [2.45, 2.75) is 38.5 Å². The van der Waals surface area contributed by atoms with Gasteiger partial charge in [0, 0.05) is 37.0 Å². The van der Waals surface area contributed by atoms with Crippen molar-refractivity contribution in [3.05, 3.63) is 52.3 Å². The summed E-state index contributed by atoms with van der Waals surface area (Å²) in [5, 5.41) is 4.55. The summed E-state index contributed by atoms with van der Waals surface area (Å²) in [6.45, 7) is 1.51. The van der Waals surface area contributed by atoms with Crippen LogP contribution >= 0.6 is 0 Å². The fraction of sp³-hybridized carbons (Fsp3) is 0.476. The largest absolute Gasteiger partial charge is 0.366 e. The van der Waals surface area contributed by atoms with Crippen molar-refractivity contribution in [3.8, 4) is 0 Å². The van der Waals surface area contributed by atoms with Crippen molar-refractivity contribution < 1.29 is 9.59 Å². The van der Waals surface area contributed by atoms with E-state index in [9.17, 15) is 9.59 Å². The van der Waals surface area contributed by atoms with Gasteiger partial charge in [-0.1, -0.05) is 12.1 Å². The highest BCUT2D eigenvalue weighted by Crippen LogP contribution is 2.27. The lowest BCUT2D eigenvalue weighted by atomic mass is 9.95. The number of aromatic nitrogens is 2. The van der Waals surface area contributed by atoms with E-state index in [1.54, 1.807) is 6.07 Å². The number of hydrogen-bond donors (Lipinski definition) is 1. The molecular formula is C21H26N4O2. The molecule has 1 saturated heterocycles. The van der Waals surface area contributed by atoms with Gasteiger partial charge in [0.2, 0.25) is 5.91 Å². The summed E-state index contributed by atoms with van der Waals surface area (Å²) in [6.07, 6.45) is 6.12. The molecule has 0 radical (unpaired) electrons. The summed E-state index contributed by atoms with van der Waals surface area (Å²) in [4.78, 5) is 26.4. The van der Waals surface area contributed by atoms with Crippen molar-refractivity contribution in [1.29, 1.82) is 0 Å². The van der Waals surface area contributed by atoms with Gasteiger partial charge < -0.3 is 10.6 Å². The fourth-order valence-electron chi connectivity index (χ4n) is 4.46. The van der Waals surface area contributed by atoms with Crippen LogP contribution in [0.3, 0.4) is 0 Å². The number of rotatable bonds is 4. The number of carbonyl (C=O) groups is 2. The van der Waals surface area contributed by atoms with Crippen LogP contribution in [0.2, 0.25) is 0 Å². The number of fused-ring (bicyclic) bond motifs is 1. The van der Waals surface area contributed by atoms with Crippen LogP contribution in [0.5, 0.6) is 0 Å². The zero-order valence-corrected chi connectivity index (χ0v) is 15.8.